The number of carbonyl (C=O) groups is 4. The molecule has 3 aliphatic rings. The Kier molecular flexibility index (Phi) is 11.7. The molecular formula is C42H46FN5O11S. The number of sulfone groups is 1. The van der Waals surface area contributed by atoms with Gasteiger partial charge in [0.15, 0.2) is 11.4 Å². The van der Waals surface area contributed by atoms with E-state index in [0.29, 0.717) is 57.4 Å². The molecule has 2 aromatic carbocycles. The number of aryl methyl sites for hydroxylation is 1. The van der Waals surface area contributed by atoms with E-state index in [1.807, 2.05) is 0 Å². The van der Waals surface area contributed by atoms with Crippen molar-refractivity contribution in [3.05, 3.63) is 97.1 Å². The minimum absolute atomic E-state index is 0.0410. The number of ether oxygens (including phenoxy) is 3. The molecular weight excluding hydrogens is 802 g/mol. The Balaban J connectivity index is 1.09. The number of aromatic nitrogens is 2. The van der Waals surface area contributed by atoms with E-state index in [0.717, 1.165) is 22.3 Å². The van der Waals surface area contributed by atoms with Crippen LogP contribution in [0.15, 0.2) is 41.2 Å². The highest BCUT2D eigenvalue weighted by molar-refractivity contribution is 7.90. The third-order valence-electron chi connectivity index (χ3n) is 11.5. The van der Waals surface area contributed by atoms with Gasteiger partial charge in [0, 0.05) is 41.8 Å². The molecule has 3 atom stereocenters. The normalized spacial score (nSPS) is 18.2. The molecule has 16 nitrogen and oxygen atoms in total. The Morgan fingerprint density at radius 2 is 1.87 bits per heavy atom. The highest BCUT2D eigenvalue weighted by Gasteiger charge is 2.46. The summed E-state index contributed by atoms with van der Waals surface area (Å²) in [5.74, 6) is -2.39. The summed E-state index contributed by atoms with van der Waals surface area (Å²) >= 11 is 0. The summed E-state index contributed by atoms with van der Waals surface area (Å²) in [4.78, 5) is 71.2. The van der Waals surface area contributed by atoms with Crippen LogP contribution in [0.25, 0.3) is 22.3 Å². The van der Waals surface area contributed by atoms with Gasteiger partial charge in [0.2, 0.25) is 5.91 Å². The zero-order chi connectivity index (χ0) is 43.3. The number of rotatable bonds is 14. The van der Waals surface area contributed by atoms with E-state index in [1.54, 1.807) is 51.1 Å². The van der Waals surface area contributed by atoms with E-state index >= 15 is 4.39 Å². The van der Waals surface area contributed by atoms with Crippen LogP contribution in [0.4, 0.5) is 9.18 Å². The lowest BCUT2D eigenvalue weighted by Crippen LogP contribution is -2.44. The quantitative estimate of drug-likeness (QED) is 0.108. The summed E-state index contributed by atoms with van der Waals surface area (Å²) in [6.45, 7) is 3.22. The fraction of sp³-hybridized carbons (Fsp3) is 0.429. The van der Waals surface area contributed by atoms with Gasteiger partial charge in [0.05, 0.1) is 46.8 Å². The van der Waals surface area contributed by atoms with Crippen LogP contribution in [0.5, 0.6) is 0 Å². The first-order chi connectivity index (χ1) is 28.4. The lowest BCUT2D eigenvalue weighted by molar-refractivity contribution is -0.172. The number of ketones is 1. The third kappa shape index (κ3) is 8.16. The molecule has 4 heterocycles. The molecule has 18 heteroatoms. The number of fused-ring (bicyclic) bond motifs is 5. The van der Waals surface area contributed by atoms with Crippen LogP contribution in [-0.4, -0.2) is 89.7 Å². The van der Waals surface area contributed by atoms with E-state index in [4.69, 9.17) is 24.9 Å². The van der Waals surface area contributed by atoms with Gasteiger partial charge in [-0.25, -0.2) is 27.4 Å². The number of nitrogens with zero attached hydrogens (tertiary/aromatic N) is 3. The standard InChI is InChI=1S/C42H46FN5O11S/c1-5-42(54)29-15-33-38-27(17-48(33)39(51)28(29)19-58-40(42)52)37-31(11-10-26-22(2)30(43)16-32(46-38)36(26)37)45-35(50)20-57-21-47(12-13-60(4,55)56)41(53)59-18-25-8-6-24(7-9-25)14-34(49)23(3)44/h6-9,15-16,23,31,54H,5,10-14,17-21,44H2,1-4H3,(H,45,50)/t23-,31-,42-/m0/s1. The van der Waals surface area contributed by atoms with Gasteiger partial charge in [-0.15, -0.1) is 0 Å². The Bertz CT molecular complexity index is 2610. The van der Waals surface area contributed by atoms with Crippen molar-refractivity contribution in [2.75, 3.05) is 31.9 Å². The predicted octanol–water partition coefficient (Wildman–Crippen LogP) is 2.75. The van der Waals surface area contributed by atoms with Gasteiger partial charge in [-0.1, -0.05) is 31.2 Å². The number of nitrogens with two attached hydrogens (primary N) is 1. The minimum Gasteiger partial charge on any atom is -0.458 e. The maximum absolute atomic E-state index is 15.3. The van der Waals surface area contributed by atoms with Crippen LogP contribution in [-0.2, 0) is 76.6 Å². The van der Waals surface area contributed by atoms with Gasteiger partial charge in [-0.05, 0) is 67.0 Å². The Hall–Kier alpha value is -5.56. The topological polar surface area (TPSA) is 227 Å². The Morgan fingerprint density at radius 3 is 2.55 bits per heavy atom. The van der Waals surface area contributed by atoms with E-state index in [2.05, 4.69) is 5.32 Å². The van der Waals surface area contributed by atoms with E-state index in [-0.39, 0.29) is 61.8 Å². The number of benzene rings is 2. The van der Waals surface area contributed by atoms with Gasteiger partial charge in [0.25, 0.3) is 5.56 Å². The molecule has 0 spiro atoms. The van der Waals surface area contributed by atoms with Crippen molar-refractivity contribution in [3.8, 4) is 11.4 Å². The molecule has 0 bridgehead atoms. The minimum atomic E-state index is -3.50. The van der Waals surface area contributed by atoms with Gasteiger partial charge in [-0.3, -0.25) is 19.3 Å². The molecule has 318 valence electrons. The van der Waals surface area contributed by atoms with Crippen molar-refractivity contribution in [3.63, 3.8) is 0 Å². The Morgan fingerprint density at radius 1 is 1.15 bits per heavy atom. The average Bonchev–Trinajstić information content (AvgIpc) is 3.57. The molecule has 2 aliphatic heterocycles. The van der Waals surface area contributed by atoms with Crippen LogP contribution in [0.2, 0.25) is 0 Å². The van der Waals surface area contributed by atoms with Crippen LogP contribution >= 0.6 is 0 Å². The van der Waals surface area contributed by atoms with Crippen LogP contribution in [0, 0.1) is 12.7 Å². The molecule has 0 unspecified atom stereocenters. The first kappa shape index (κ1) is 42.6. The van der Waals surface area contributed by atoms with Crippen molar-refractivity contribution in [1.29, 1.82) is 0 Å². The number of cyclic esters (lactones) is 1. The number of esters is 1. The number of Topliss-reactive ketones (excluding diaryl/α,β-unsaturated/α-hetero) is 1. The zero-order valence-corrected chi connectivity index (χ0v) is 34.4. The van der Waals surface area contributed by atoms with Crippen LogP contribution < -0.4 is 16.6 Å². The fourth-order valence-corrected chi connectivity index (χ4v) is 8.57. The summed E-state index contributed by atoms with van der Waals surface area (Å²) in [6, 6.07) is 8.48. The summed E-state index contributed by atoms with van der Waals surface area (Å²) in [5.41, 5.74) is 8.23. The number of nitrogens with one attached hydrogen (secondary N) is 1. The number of aliphatic hydroxyl groups is 1. The summed E-state index contributed by atoms with van der Waals surface area (Å²) < 4.78 is 57.1. The monoisotopic (exact) mass is 847 g/mol. The molecule has 2 amide bonds. The largest absolute Gasteiger partial charge is 0.458 e. The molecule has 0 radical (unpaired) electrons. The van der Waals surface area contributed by atoms with E-state index in [9.17, 15) is 37.5 Å². The maximum Gasteiger partial charge on any atom is 0.411 e. The average molecular weight is 848 g/mol. The van der Waals surface area contributed by atoms with E-state index < -0.39 is 70.2 Å². The number of halogens is 1. The SMILES string of the molecule is CC[C@@]1(O)C(=O)OCc2c1cc1n(c2=O)Cc2c-1nc1cc(F)c(C)c3c1c2[C@@H](NC(=O)COCN(CCS(C)(=O)=O)C(=O)OCc1ccc(CC(=O)[C@H](C)N)cc1)CC3. The van der Waals surface area contributed by atoms with Crippen LogP contribution in [0.3, 0.4) is 0 Å². The number of hydrogen-bond acceptors (Lipinski definition) is 13. The molecule has 1 aliphatic carbocycles. The molecule has 4 aromatic rings. The van der Waals surface area contributed by atoms with Gasteiger partial charge < -0.3 is 34.9 Å². The number of hydrogen-bond donors (Lipinski definition) is 3. The lowest BCUT2D eigenvalue weighted by atomic mass is 9.81. The molecule has 0 saturated heterocycles. The predicted molar refractivity (Wildman–Crippen MR) is 215 cm³/mol. The molecule has 0 fully saturated rings. The van der Waals surface area contributed by atoms with Crippen molar-refractivity contribution in [1.82, 2.24) is 19.8 Å². The van der Waals surface area contributed by atoms with Gasteiger partial charge in [-0.2, -0.15) is 0 Å². The first-order valence-corrected chi connectivity index (χ1v) is 21.6. The highest BCUT2D eigenvalue weighted by atomic mass is 32.2. The number of carbonyl (C=O) groups excluding carboxylic acids is 4. The summed E-state index contributed by atoms with van der Waals surface area (Å²) in [7, 11) is -3.50. The fourth-order valence-electron chi connectivity index (χ4n) is 8.02. The Labute approximate surface area is 344 Å². The summed E-state index contributed by atoms with van der Waals surface area (Å²) in [5, 5.41) is 15.0. The lowest BCUT2D eigenvalue weighted by Gasteiger charge is -2.31. The van der Waals surface area contributed by atoms with Gasteiger partial charge in [0.1, 0.15) is 42.2 Å². The van der Waals surface area contributed by atoms with Crippen molar-refractivity contribution in [2.45, 2.75) is 83.9 Å². The first-order valence-electron chi connectivity index (χ1n) is 19.5. The maximum atomic E-state index is 15.3. The zero-order valence-electron chi connectivity index (χ0n) is 33.6. The second kappa shape index (κ2) is 16.5. The van der Waals surface area contributed by atoms with Gasteiger partial charge >= 0.3 is 12.1 Å². The summed E-state index contributed by atoms with van der Waals surface area (Å²) in [6.07, 6.45) is 1.04. The number of pyridine rings is 2. The second-order valence-corrected chi connectivity index (χ2v) is 17.9. The molecule has 2 aromatic heterocycles. The molecule has 0 saturated carbocycles. The highest BCUT2D eigenvalue weighted by Crippen LogP contribution is 2.46. The number of amides is 2. The second-order valence-electron chi connectivity index (χ2n) is 15.6. The molecule has 60 heavy (non-hydrogen) atoms. The van der Waals surface area contributed by atoms with E-state index in [1.165, 1.54) is 10.6 Å². The van der Waals surface area contributed by atoms with Crippen molar-refractivity contribution < 1.29 is 51.3 Å². The smallest absolute Gasteiger partial charge is 0.411 e. The molecule has 4 N–H and O–H groups in total. The van der Waals surface area contributed by atoms with Crippen molar-refractivity contribution in [2.24, 2.45) is 5.73 Å². The third-order valence-corrected chi connectivity index (χ3v) is 12.4. The van der Waals surface area contributed by atoms with Crippen LogP contribution in [0.1, 0.15) is 77.2 Å². The molecule has 7 rings (SSSR count). The van der Waals surface area contributed by atoms with Crippen molar-refractivity contribution >= 4 is 44.5 Å².